The van der Waals surface area contributed by atoms with Crippen molar-refractivity contribution in [2.24, 2.45) is 0 Å². The summed E-state index contributed by atoms with van der Waals surface area (Å²) in [5.41, 5.74) is 4.56. The highest BCUT2D eigenvalue weighted by atomic mass is 35.5. The summed E-state index contributed by atoms with van der Waals surface area (Å²) in [6, 6.07) is 9.21. The van der Waals surface area contributed by atoms with Crippen LogP contribution in [0.25, 0.3) is 11.0 Å². The Kier molecular flexibility index (Phi) is 4.49. The van der Waals surface area contributed by atoms with Crippen LogP contribution in [0.5, 0.6) is 5.75 Å². The minimum Gasteiger partial charge on any atom is -0.495 e. The van der Waals surface area contributed by atoms with Gasteiger partial charge in [0.15, 0.2) is 0 Å². The lowest BCUT2D eigenvalue weighted by molar-refractivity contribution is -0.115. The van der Waals surface area contributed by atoms with Gasteiger partial charge in [-0.2, -0.15) is 0 Å². The zero-order valence-electron chi connectivity index (χ0n) is 13.8. The van der Waals surface area contributed by atoms with Gasteiger partial charge >= 0.3 is 0 Å². The largest absolute Gasteiger partial charge is 0.495 e. The molecular formula is C19H18ClNO3. The molecule has 0 unspecified atom stereocenters. The average Bonchev–Trinajstić information content (AvgIpc) is 2.90. The van der Waals surface area contributed by atoms with Crippen LogP contribution in [0.1, 0.15) is 16.7 Å². The average molecular weight is 344 g/mol. The summed E-state index contributed by atoms with van der Waals surface area (Å²) in [7, 11) is 1.55. The lowest BCUT2D eigenvalue weighted by atomic mass is 10.0. The molecule has 0 aliphatic rings. The number of benzene rings is 2. The molecule has 0 saturated carbocycles. The van der Waals surface area contributed by atoms with Crippen LogP contribution in [-0.4, -0.2) is 13.0 Å². The van der Waals surface area contributed by atoms with Crippen LogP contribution < -0.4 is 10.1 Å². The Hall–Kier alpha value is -2.46. The highest BCUT2D eigenvalue weighted by molar-refractivity contribution is 6.32. The van der Waals surface area contributed by atoms with Crippen LogP contribution >= 0.6 is 11.6 Å². The third-order valence-electron chi connectivity index (χ3n) is 3.88. The van der Waals surface area contributed by atoms with Gasteiger partial charge in [0.2, 0.25) is 5.91 Å². The van der Waals surface area contributed by atoms with E-state index in [4.69, 9.17) is 20.8 Å². The van der Waals surface area contributed by atoms with Crippen LogP contribution in [0.15, 0.2) is 41.0 Å². The molecule has 24 heavy (non-hydrogen) atoms. The van der Waals surface area contributed by atoms with Crippen molar-refractivity contribution in [1.29, 1.82) is 0 Å². The molecule has 3 aromatic rings. The Morgan fingerprint density at radius 1 is 1.25 bits per heavy atom. The van der Waals surface area contributed by atoms with E-state index in [0.717, 1.165) is 27.7 Å². The van der Waals surface area contributed by atoms with Crippen molar-refractivity contribution in [3.05, 3.63) is 58.3 Å². The Morgan fingerprint density at radius 2 is 2.04 bits per heavy atom. The minimum atomic E-state index is -0.126. The Bertz CT molecular complexity index is 914. The van der Waals surface area contributed by atoms with E-state index < -0.39 is 0 Å². The van der Waals surface area contributed by atoms with E-state index in [2.05, 4.69) is 11.4 Å². The van der Waals surface area contributed by atoms with Crippen molar-refractivity contribution in [2.45, 2.75) is 20.3 Å². The number of fused-ring (bicyclic) bond motifs is 1. The van der Waals surface area contributed by atoms with Crippen molar-refractivity contribution >= 4 is 34.2 Å². The Balaban J connectivity index is 1.79. The van der Waals surface area contributed by atoms with Crippen LogP contribution in [0.2, 0.25) is 5.02 Å². The van der Waals surface area contributed by atoms with Gasteiger partial charge in [-0.3, -0.25) is 4.79 Å². The lowest BCUT2D eigenvalue weighted by Gasteiger charge is -2.08. The van der Waals surface area contributed by atoms with Crippen LogP contribution in [0.3, 0.4) is 0 Å². The van der Waals surface area contributed by atoms with E-state index in [1.807, 2.05) is 19.9 Å². The second kappa shape index (κ2) is 6.57. The number of furan rings is 1. The number of halogens is 1. The number of nitrogens with one attached hydrogen (secondary N) is 1. The molecule has 0 radical (unpaired) electrons. The van der Waals surface area contributed by atoms with Gasteiger partial charge in [-0.25, -0.2) is 0 Å². The molecule has 3 rings (SSSR count). The van der Waals surface area contributed by atoms with Crippen molar-refractivity contribution in [3.8, 4) is 5.75 Å². The number of rotatable bonds is 4. The van der Waals surface area contributed by atoms with Gasteiger partial charge in [0.25, 0.3) is 0 Å². The van der Waals surface area contributed by atoms with Gasteiger partial charge in [-0.15, -0.1) is 0 Å². The molecule has 0 spiro atoms. The molecule has 0 bridgehead atoms. The summed E-state index contributed by atoms with van der Waals surface area (Å²) >= 11 is 6.08. The number of carbonyl (C=O) groups excluding carboxylic acids is 1. The van der Waals surface area contributed by atoms with Gasteiger partial charge in [0, 0.05) is 16.6 Å². The molecule has 4 nitrogen and oxygen atoms in total. The molecule has 0 aliphatic heterocycles. The number of anilines is 1. The monoisotopic (exact) mass is 343 g/mol. The molecule has 0 fully saturated rings. The van der Waals surface area contributed by atoms with Crippen molar-refractivity contribution < 1.29 is 13.9 Å². The number of carbonyl (C=O) groups is 1. The first-order chi connectivity index (χ1) is 11.5. The second-order valence-corrected chi connectivity index (χ2v) is 6.20. The quantitative estimate of drug-likeness (QED) is 0.733. The topological polar surface area (TPSA) is 51.5 Å². The first-order valence-corrected chi connectivity index (χ1v) is 7.96. The highest BCUT2D eigenvalue weighted by Gasteiger charge is 2.13. The molecular weight excluding hydrogens is 326 g/mol. The summed E-state index contributed by atoms with van der Waals surface area (Å²) in [6.45, 7) is 4.05. The Labute approximate surface area is 145 Å². The van der Waals surface area contributed by atoms with Crippen LogP contribution in [-0.2, 0) is 11.2 Å². The predicted molar refractivity (Wildman–Crippen MR) is 96.0 cm³/mol. The molecule has 1 N–H and O–H groups in total. The number of hydrogen-bond acceptors (Lipinski definition) is 3. The van der Waals surface area contributed by atoms with Gasteiger partial charge in [-0.05, 0) is 49.2 Å². The van der Waals surface area contributed by atoms with E-state index in [-0.39, 0.29) is 12.3 Å². The summed E-state index contributed by atoms with van der Waals surface area (Å²) in [4.78, 5) is 12.3. The summed E-state index contributed by atoms with van der Waals surface area (Å²) in [6.07, 6.45) is 1.89. The van der Waals surface area contributed by atoms with E-state index in [1.165, 1.54) is 0 Å². The number of ether oxygens (including phenoxy) is 1. The fourth-order valence-electron chi connectivity index (χ4n) is 2.88. The number of methoxy groups -OCH3 is 1. The van der Waals surface area contributed by atoms with Crippen molar-refractivity contribution in [3.63, 3.8) is 0 Å². The SMILES string of the molecule is COc1ccc(NC(=O)Cc2coc3cc(C)cc(C)c23)cc1Cl. The van der Waals surface area contributed by atoms with Crippen molar-refractivity contribution in [2.75, 3.05) is 12.4 Å². The molecule has 0 aliphatic carbocycles. The van der Waals surface area contributed by atoms with Gasteiger partial charge < -0.3 is 14.5 Å². The summed E-state index contributed by atoms with van der Waals surface area (Å²) in [5, 5.41) is 4.30. The highest BCUT2D eigenvalue weighted by Crippen LogP contribution is 2.29. The summed E-state index contributed by atoms with van der Waals surface area (Å²) in [5.74, 6) is 0.445. The van der Waals surface area contributed by atoms with Crippen molar-refractivity contribution in [1.82, 2.24) is 0 Å². The first-order valence-electron chi connectivity index (χ1n) is 7.58. The Morgan fingerprint density at radius 3 is 2.75 bits per heavy atom. The van der Waals surface area contributed by atoms with Gasteiger partial charge in [0.1, 0.15) is 11.3 Å². The fourth-order valence-corrected chi connectivity index (χ4v) is 3.14. The smallest absolute Gasteiger partial charge is 0.228 e. The normalized spacial score (nSPS) is 10.8. The standard InChI is InChI=1S/C19H18ClNO3/c1-11-6-12(2)19-13(10-24-17(19)7-11)8-18(22)21-14-4-5-16(23-3)15(20)9-14/h4-7,9-10H,8H2,1-3H3,(H,21,22). The van der Waals surface area contributed by atoms with E-state index in [0.29, 0.717) is 16.5 Å². The fraction of sp³-hybridized carbons (Fsp3) is 0.211. The third-order valence-corrected chi connectivity index (χ3v) is 4.17. The molecule has 1 heterocycles. The molecule has 0 saturated heterocycles. The molecule has 124 valence electrons. The first kappa shape index (κ1) is 16.4. The molecule has 5 heteroatoms. The maximum absolute atomic E-state index is 12.3. The number of aryl methyl sites for hydroxylation is 2. The van der Waals surface area contributed by atoms with Crippen LogP contribution in [0.4, 0.5) is 5.69 Å². The minimum absolute atomic E-state index is 0.126. The predicted octanol–water partition coefficient (Wildman–Crippen LogP) is 4.89. The number of hydrogen-bond donors (Lipinski definition) is 1. The molecule has 2 aromatic carbocycles. The third kappa shape index (κ3) is 3.24. The number of amides is 1. The lowest BCUT2D eigenvalue weighted by Crippen LogP contribution is -2.14. The van der Waals surface area contributed by atoms with Crippen LogP contribution in [0, 0.1) is 13.8 Å². The zero-order valence-corrected chi connectivity index (χ0v) is 14.5. The van der Waals surface area contributed by atoms with E-state index in [9.17, 15) is 4.79 Å². The van der Waals surface area contributed by atoms with E-state index in [1.54, 1.807) is 31.6 Å². The summed E-state index contributed by atoms with van der Waals surface area (Å²) < 4.78 is 10.7. The molecule has 0 atom stereocenters. The molecule has 1 amide bonds. The van der Waals surface area contributed by atoms with E-state index >= 15 is 0 Å². The zero-order chi connectivity index (χ0) is 17.3. The van der Waals surface area contributed by atoms with Gasteiger partial charge in [-0.1, -0.05) is 17.7 Å². The second-order valence-electron chi connectivity index (χ2n) is 5.79. The molecule has 1 aromatic heterocycles. The maximum atomic E-state index is 12.3. The maximum Gasteiger partial charge on any atom is 0.228 e. The van der Waals surface area contributed by atoms with Gasteiger partial charge in [0.05, 0.1) is 24.8 Å².